The first kappa shape index (κ1) is 13.0. The number of carbonyl (C=O) groups excluding carboxylic acids is 1. The molecule has 0 bridgehead atoms. The highest BCUT2D eigenvalue weighted by Crippen LogP contribution is 2.28. The Morgan fingerprint density at radius 3 is 2.38 bits per heavy atom. The van der Waals surface area contributed by atoms with Gasteiger partial charge in [-0.25, -0.2) is 0 Å². The summed E-state index contributed by atoms with van der Waals surface area (Å²) in [5.74, 6) is 0.174. The van der Waals surface area contributed by atoms with E-state index in [1.165, 1.54) is 12.1 Å². The Hall–Kier alpha value is -3.01. The summed E-state index contributed by atoms with van der Waals surface area (Å²) in [5, 5.41) is 19.3. The minimum absolute atomic E-state index is 0.174. The fraction of sp³-hybridized carbons (Fsp3) is 0. The maximum atomic E-state index is 11.4. The summed E-state index contributed by atoms with van der Waals surface area (Å²) in [7, 11) is 0. The van der Waals surface area contributed by atoms with E-state index in [0.717, 1.165) is 17.1 Å². The van der Waals surface area contributed by atoms with Crippen molar-refractivity contribution in [1.29, 1.82) is 0 Å². The molecular weight excluding hydrogens is 264 g/mol. The summed E-state index contributed by atoms with van der Waals surface area (Å²) >= 11 is 0. The van der Waals surface area contributed by atoms with E-state index in [1.807, 2.05) is 30.3 Å². The smallest absolute Gasteiger partial charge is 0.152 e. The lowest BCUT2D eigenvalue weighted by Crippen LogP contribution is -1.84. The standard InChI is InChI=1S/C17H12N2O2/c20-11-16-15-4-2-1-3-12(15)5-10-17(16)19-18-13-6-8-14(21)9-7-13/h1-11,21H. The van der Waals surface area contributed by atoms with Gasteiger partial charge in [0.2, 0.25) is 0 Å². The van der Waals surface area contributed by atoms with E-state index in [1.54, 1.807) is 18.2 Å². The van der Waals surface area contributed by atoms with Gasteiger partial charge in [-0.05, 0) is 41.1 Å². The van der Waals surface area contributed by atoms with Crippen LogP contribution in [-0.4, -0.2) is 11.4 Å². The van der Waals surface area contributed by atoms with Gasteiger partial charge in [-0.2, -0.15) is 5.11 Å². The number of aldehydes is 1. The largest absolute Gasteiger partial charge is 0.508 e. The van der Waals surface area contributed by atoms with Gasteiger partial charge in [0, 0.05) is 5.56 Å². The molecule has 0 aliphatic rings. The van der Waals surface area contributed by atoms with Crippen LogP contribution in [-0.2, 0) is 0 Å². The highest BCUT2D eigenvalue weighted by atomic mass is 16.3. The van der Waals surface area contributed by atoms with E-state index >= 15 is 0 Å². The molecule has 0 amide bonds. The minimum atomic E-state index is 0.174. The summed E-state index contributed by atoms with van der Waals surface area (Å²) in [6.45, 7) is 0. The van der Waals surface area contributed by atoms with E-state index < -0.39 is 0 Å². The van der Waals surface area contributed by atoms with Crippen LogP contribution in [0.2, 0.25) is 0 Å². The third kappa shape index (κ3) is 2.65. The van der Waals surface area contributed by atoms with E-state index in [2.05, 4.69) is 10.2 Å². The molecule has 3 aromatic carbocycles. The first-order chi connectivity index (χ1) is 10.3. The molecule has 0 saturated heterocycles. The third-order valence-corrected chi connectivity index (χ3v) is 3.19. The zero-order valence-corrected chi connectivity index (χ0v) is 11.1. The molecule has 0 atom stereocenters. The number of phenolic OH excluding ortho intramolecular Hbond substituents is 1. The molecular formula is C17H12N2O2. The van der Waals surface area contributed by atoms with Gasteiger partial charge in [-0.15, -0.1) is 5.11 Å². The SMILES string of the molecule is O=Cc1c(N=Nc2ccc(O)cc2)ccc2ccccc12. The molecule has 0 aromatic heterocycles. The van der Waals surface area contributed by atoms with Crippen LogP contribution >= 0.6 is 0 Å². The van der Waals surface area contributed by atoms with E-state index in [4.69, 9.17) is 0 Å². The van der Waals surface area contributed by atoms with Crippen LogP contribution in [0.15, 0.2) is 70.9 Å². The van der Waals surface area contributed by atoms with Gasteiger partial charge in [-0.3, -0.25) is 4.79 Å². The number of hydrogen-bond donors (Lipinski definition) is 1. The highest BCUT2D eigenvalue weighted by molar-refractivity contribution is 6.02. The lowest BCUT2D eigenvalue weighted by Gasteiger charge is -2.03. The van der Waals surface area contributed by atoms with E-state index in [9.17, 15) is 9.90 Å². The Balaban J connectivity index is 2.04. The number of fused-ring (bicyclic) bond motifs is 1. The Morgan fingerprint density at radius 1 is 0.857 bits per heavy atom. The number of benzene rings is 3. The molecule has 0 spiro atoms. The van der Waals surface area contributed by atoms with Crippen LogP contribution in [0.4, 0.5) is 11.4 Å². The van der Waals surface area contributed by atoms with Crippen LogP contribution in [0, 0.1) is 0 Å². The Labute approximate surface area is 121 Å². The van der Waals surface area contributed by atoms with Crippen LogP contribution in [0.25, 0.3) is 10.8 Å². The summed E-state index contributed by atoms with van der Waals surface area (Å²) in [5.41, 5.74) is 1.66. The molecule has 102 valence electrons. The average Bonchev–Trinajstić information content (AvgIpc) is 2.53. The van der Waals surface area contributed by atoms with Crippen molar-refractivity contribution in [3.63, 3.8) is 0 Å². The maximum Gasteiger partial charge on any atom is 0.152 e. The van der Waals surface area contributed by atoms with Gasteiger partial charge >= 0.3 is 0 Å². The van der Waals surface area contributed by atoms with Crippen LogP contribution in [0.5, 0.6) is 5.75 Å². The Bertz CT molecular complexity index is 824. The number of azo groups is 1. The molecule has 0 fully saturated rings. The molecule has 3 aromatic rings. The number of carbonyl (C=O) groups is 1. The van der Waals surface area contributed by atoms with Gasteiger partial charge in [0.15, 0.2) is 6.29 Å². The number of phenols is 1. The summed E-state index contributed by atoms with van der Waals surface area (Å²) < 4.78 is 0. The topological polar surface area (TPSA) is 62.0 Å². The molecule has 0 heterocycles. The van der Waals surface area contributed by atoms with E-state index in [0.29, 0.717) is 16.9 Å². The zero-order valence-electron chi connectivity index (χ0n) is 11.1. The lowest BCUT2D eigenvalue weighted by atomic mass is 10.0. The van der Waals surface area contributed by atoms with Crippen LogP contribution in [0.3, 0.4) is 0 Å². The van der Waals surface area contributed by atoms with Gasteiger partial charge in [0.25, 0.3) is 0 Å². The van der Waals surface area contributed by atoms with Gasteiger partial charge in [-0.1, -0.05) is 30.3 Å². The highest BCUT2D eigenvalue weighted by Gasteiger charge is 2.06. The van der Waals surface area contributed by atoms with Gasteiger partial charge < -0.3 is 5.11 Å². The fourth-order valence-corrected chi connectivity index (χ4v) is 2.13. The molecule has 1 N–H and O–H groups in total. The molecule has 4 heteroatoms. The average molecular weight is 276 g/mol. The Kier molecular flexibility index (Phi) is 3.43. The second kappa shape index (κ2) is 5.54. The van der Waals surface area contributed by atoms with Crippen molar-refractivity contribution < 1.29 is 9.90 Å². The summed E-state index contributed by atoms with van der Waals surface area (Å²) in [6, 6.07) is 17.7. The first-order valence-electron chi connectivity index (χ1n) is 6.45. The maximum absolute atomic E-state index is 11.4. The quantitative estimate of drug-likeness (QED) is 0.553. The summed E-state index contributed by atoms with van der Waals surface area (Å²) in [4.78, 5) is 11.4. The van der Waals surface area contributed by atoms with Crippen molar-refractivity contribution in [3.8, 4) is 5.75 Å². The number of nitrogens with zero attached hydrogens (tertiary/aromatic N) is 2. The number of rotatable bonds is 3. The molecule has 0 aliphatic heterocycles. The molecule has 3 rings (SSSR count). The minimum Gasteiger partial charge on any atom is -0.508 e. The van der Waals surface area contributed by atoms with E-state index in [-0.39, 0.29) is 5.75 Å². The lowest BCUT2D eigenvalue weighted by molar-refractivity contribution is 0.112. The van der Waals surface area contributed by atoms with Gasteiger partial charge in [0.05, 0.1) is 11.4 Å². The predicted molar refractivity (Wildman–Crippen MR) is 81.6 cm³/mol. The van der Waals surface area contributed by atoms with Crippen molar-refractivity contribution in [2.24, 2.45) is 10.2 Å². The van der Waals surface area contributed by atoms with Crippen LogP contribution < -0.4 is 0 Å². The second-order valence-electron chi connectivity index (χ2n) is 4.55. The number of hydrogen-bond acceptors (Lipinski definition) is 4. The van der Waals surface area contributed by atoms with Crippen molar-refractivity contribution in [2.75, 3.05) is 0 Å². The monoisotopic (exact) mass is 276 g/mol. The van der Waals surface area contributed by atoms with Crippen LogP contribution in [0.1, 0.15) is 10.4 Å². The van der Waals surface area contributed by atoms with Crippen molar-refractivity contribution >= 4 is 28.4 Å². The van der Waals surface area contributed by atoms with Crippen molar-refractivity contribution in [1.82, 2.24) is 0 Å². The fourth-order valence-electron chi connectivity index (χ4n) is 2.13. The number of aromatic hydroxyl groups is 1. The van der Waals surface area contributed by atoms with Crippen molar-refractivity contribution in [3.05, 3.63) is 66.2 Å². The molecule has 21 heavy (non-hydrogen) atoms. The zero-order chi connectivity index (χ0) is 14.7. The Morgan fingerprint density at radius 2 is 1.62 bits per heavy atom. The molecule has 4 nitrogen and oxygen atoms in total. The normalized spacial score (nSPS) is 11.0. The molecule has 0 saturated carbocycles. The van der Waals surface area contributed by atoms with Crippen molar-refractivity contribution in [2.45, 2.75) is 0 Å². The van der Waals surface area contributed by atoms with Gasteiger partial charge in [0.1, 0.15) is 5.75 Å². The third-order valence-electron chi connectivity index (χ3n) is 3.19. The molecule has 0 unspecified atom stereocenters. The molecule has 0 aliphatic carbocycles. The first-order valence-corrected chi connectivity index (χ1v) is 6.45. The predicted octanol–water partition coefficient (Wildman–Crippen LogP) is 4.77. The molecule has 0 radical (unpaired) electrons. The summed E-state index contributed by atoms with van der Waals surface area (Å²) in [6.07, 6.45) is 0.799. The second-order valence-corrected chi connectivity index (χ2v) is 4.55.